The maximum absolute atomic E-state index is 12.9. The summed E-state index contributed by atoms with van der Waals surface area (Å²) in [7, 11) is 1.81. The molecule has 27 heavy (non-hydrogen) atoms. The molecule has 0 aliphatic rings. The Morgan fingerprint density at radius 3 is 2.56 bits per heavy atom. The number of rotatable bonds is 5. The normalized spacial score (nSPS) is 11.0. The van der Waals surface area contributed by atoms with Crippen molar-refractivity contribution in [2.24, 2.45) is 0 Å². The highest BCUT2D eigenvalue weighted by atomic mass is 32.1. The molecule has 0 spiro atoms. The molecule has 0 radical (unpaired) electrons. The molecule has 0 bridgehead atoms. The Labute approximate surface area is 162 Å². The van der Waals surface area contributed by atoms with Crippen molar-refractivity contribution in [3.05, 3.63) is 71.6 Å². The van der Waals surface area contributed by atoms with Gasteiger partial charge in [-0.15, -0.1) is 11.3 Å². The molecule has 0 atom stereocenters. The highest BCUT2D eigenvalue weighted by molar-refractivity contribution is 7.17. The van der Waals surface area contributed by atoms with Crippen LogP contribution in [0.15, 0.2) is 66.7 Å². The molecular weight excluding hydrogens is 354 g/mol. The summed E-state index contributed by atoms with van der Waals surface area (Å²) < 4.78 is 2.25. The number of carbonyl (C=O) groups excluding carboxylic acids is 1. The Morgan fingerprint density at radius 2 is 1.78 bits per heavy atom. The predicted molar refractivity (Wildman–Crippen MR) is 113 cm³/mol. The van der Waals surface area contributed by atoms with Crippen molar-refractivity contribution in [2.45, 2.75) is 19.9 Å². The fourth-order valence-electron chi connectivity index (χ4n) is 3.22. The van der Waals surface area contributed by atoms with Gasteiger partial charge in [-0.1, -0.05) is 37.3 Å². The van der Waals surface area contributed by atoms with Crippen molar-refractivity contribution >= 4 is 34.0 Å². The SMILES string of the molecule is CCCn1c(-c2ccc(C(=O)N(C)c3ccccc3)s2)nc2ccccc21. The second-order valence-corrected chi connectivity index (χ2v) is 7.52. The van der Waals surface area contributed by atoms with E-state index < -0.39 is 0 Å². The van der Waals surface area contributed by atoms with E-state index in [1.807, 2.05) is 67.7 Å². The quantitative estimate of drug-likeness (QED) is 0.465. The lowest BCUT2D eigenvalue weighted by atomic mass is 10.3. The minimum absolute atomic E-state index is 0.00407. The number of aromatic nitrogens is 2. The Balaban J connectivity index is 1.70. The first-order valence-electron chi connectivity index (χ1n) is 9.07. The Hall–Kier alpha value is -2.92. The maximum atomic E-state index is 12.9. The maximum Gasteiger partial charge on any atom is 0.268 e. The predicted octanol–water partition coefficient (Wildman–Crippen LogP) is 5.45. The van der Waals surface area contributed by atoms with E-state index in [-0.39, 0.29) is 5.91 Å². The van der Waals surface area contributed by atoms with Crippen molar-refractivity contribution in [3.63, 3.8) is 0 Å². The third-order valence-electron chi connectivity index (χ3n) is 4.59. The number of hydrogen-bond donors (Lipinski definition) is 0. The molecule has 2 heterocycles. The molecule has 0 aliphatic heterocycles. The smallest absolute Gasteiger partial charge is 0.268 e. The van der Waals surface area contributed by atoms with Crippen LogP contribution in [0.1, 0.15) is 23.0 Å². The first-order valence-corrected chi connectivity index (χ1v) is 9.89. The van der Waals surface area contributed by atoms with Crippen LogP contribution in [0.3, 0.4) is 0 Å². The van der Waals surface area contributed by atoms with E-state index in [2.05, 4.69) is 17.6 Å². The van der Waals surface area contributed by atoms with Crippen LogP contribution in [0.4, 0.5) is 5.69 Å². The van der Waals surface area contributed by atoms with Gasteiger partial charge in [0.05, 0.1) is 20.8 Å². The molecule has 0 fully saturated rings. The number of nitrogens with zero attached hydrogens (tertiary/aromatic N) is 3. The van der Waals surface area contributed by atoms with Crippen molar-refractivity contribution < 1.29 is 4.79 Å². The Morgan fingerprint density at radius 1 is 1.04 bits per heavy atom. The largest absolute Gasteiger partial charge is 0.323 e. The molecule has 1 amide bonds. The summed E-state index contributed by atoms with van der Waals surface area (Å²) in [4.78, 5) is 21.1. The van der Waals surface area contributed by atoms with Crippen LogP contribution in [0.25, 0.3) is 21.7 Å². The number of amides is 1. The van der Waals surface area contributed by atoms with E-state index >= 15 is 0 Å². The van der Waals surface area contributed by atoms with E-state index in [1.54, 1.807) is 4.90 Å². The lowest BCUT2D eigenvalue weighted by Crippen LogP contribution is -2.25. The molecule has 0 aliphatic carbocycles. The molecule has 0 unspecified atom stereocenters. The van der Waals surface area contributed by atoms with Crippen molar-refractivity contribution in [1.82, 2.24) is 9.55 Å². The summed E-state index contributed by atoms with van der Waals surface area (Å²) in [6.45, 7) is 3.07. The van der Waals surface area contributed by atoms with Gasteiger partial charge >= 0.3 is 0 Å². The number of imidazole rings is 1. The van der Waals surface area contributed by atoms with Crippen molar-refractivity contribution in [3.8, 4) is 10.7 Å². The van der Waals surface area contributed by atoms with Gasteiger partial charge in [-0.2, -0.15) is 0 Å². The first kappa shape index (κ1) is 17.5. The molecule has 0 N–H and O–H groups in total. The number of anilines is 1. The van der Waals surface area contributed by atoms with Crippen LogP contribution in [0, 0.1) is 0 Å². The number of hydrogen-bond acceptors (Lipinski definition) is 3. The van der Waals surface area contributed by atoms with Gasteiger partial charge < -0.3 is 9.47 Å². The minimum Gasteiger partial charge on any atom is -0.323 e. The van der Waals surface area contributed by atoms with E-state index in [4.69, 9.17) is 4.98 Å². The average Bonchev–Trinajstić information content (AvgIpc) is 3.33. The van der Waals surface area contributed by atoms with Gasteiger partial charge in [0.15, 0.2) is 5.82 Å². The zero-order valence-electron chi connectivity index (χ0n) is 15.4. The number of aryl methyl sites for hydroxylation is 1. The number of thiophene rings is 1. The fourth-order valence-corrected chi connectivity index (χ4v) is 4.20. The average molecular weight is 375 g/mol. The van der Waals surface area contributed by atoms with Crippen molar-refractivity contribution in [1.29, 1.82) is 0 Å². The number of para-hydroxylation sites is 3. The summed E-state index contributed by atoms with van der Waals surface area (Å²) in [5.74, 6) is 0.931. The molecule has 136 valence electrons. The summed E-state index contributed by atoms with van der Waals surface area (Å²) in [6.07, 6.45) is 1.03. The third kappa shape index (κ3) is 3.26. The van der Waals surface area contributed by atoms with Crippen LogP contribution >= 0.6 is 11.3 Å². The number of benzene rings is 2. The summed E-state index contributed by atoms with van der Waals surface area (Å²) in [5, 5.41) is 0. The molecular formula is C22H21N3OS. The minimum atomic E-state index is -0.00407. The highest BCUT2D eigenvalue weighted by Gasteiger charge is 2.19. The second kappa shape index (κ2) is 7.37. The van der Waals surface area contributed by atoms with Gasteiger partial charge in [0.25, 0.3) is 5.91 Å². The van der Waals surface area contributed by atoms with E-state index in [0.717, 1.165) is 40.4 Å². The zero-order valence-corrected chi connectivity index (χ0v) is 16.2. The van der Waals surface area contributed by atoms with Crippen molar-refractivity contribution in [2.75, 3.05) is 11.9 Å². The Bertz CT molecular complexity index is 1080. The standard InChI is InChI=1S/C22H21N3OS/c1-3-15-25-18-12-8-7-11-17(18)23-21(25)19-13-14-20(27-19)22(26)24(2)16-9-5-4-6-10-16/h4-14H,3,15H2,1-2H3. The molecule has 4 aromatic rings. The first-order chi connectivity index (χ1) is 13.2. The van der Waals surface area contributed by atoms with Crippen LogP contribution in [0.2, 0.25) is 0 Å². The van der Waals surface area contributed by atoms with Crippen LogP contribution in [-0.2, 0) is 6.54 Å². The zero-order chi connectivity index (χ0) is 18.8. The van der Waals surface area contributed by atoms with Crippen LogP contribution in [-0.4, -0.2) is 22.5 Å². The molecule has 2 aromatic heterocycles. The summed E-state index contributed by atoms with van der Waals surface area (Å²) >= 11 is 1.50. The van der Waals surface area contributed by atoms with E-state index in [0.29, 0.717) is 4.88 Å². The van der Waals surface area contributed by atoms with Gasteiger partial charge in [-0.05, 0) is 42.8 Å². The molecule has 5 heteroatoms. The van der Waals surface area contributed by atoms with E-state index in [1.165, 1.54) is 11.3 Å². The highest BCUT2D eigenvalue weighted by Crippen LogP contribution is 2.31. The van der Waals surface area contributed by atoms with Crippen LogP contribution < -0.4 is 4.90 Å². The summed E-state index contributed by atoms with van der Waals surface area (Å²) in [5.41, 5.74) is 3.01. The topological polar surface area (TPSA) is 38.1 Å². The van der Waals surface area contributed by atoms with Gasteiger partial charge in [0, 0.05) is 19.3 Å². The lowest BCUT2D eigenvalue weighted by Gasteiger charge is -2.16. The molecule has 4 nitrogen and oxygen atoms in total. The lowest BCUT2D eigenvalue weighted by molar-refractivity contribution is 0.0997. The van der Waals surface area contributed by atoms with E-state index in [9.17, 15) is 4.79 Å². The van der Waals surface area contributed by atoms with Crippen LogP contribution in [0.5, 0.6) is 0 Å². The molecule has 0 saturated heterocycles. The van der Waals surface area contributed by atoms with Gasteiger partial charge in [-0.25, -0.2) is 4.98 Å². The Kier molecular flexibility index (Phi) is 4.77. The van der Waals surface area contributed by atoms with Gasteiger partial charge in [0.2, 0.25) is 0 Å². The molecule has 4 rings (SSSR count). The number of carbonyl (C=O) groups is 1. The third-order valence-corrected chi connectivity index (χ3v) is 5.66. The second-order valence-electron chi connectivity index (χ2n) is 6.44. The fraction of sp³-hybridized carbons (Fsp3) is 0.182. The van der Waals surface area contributed by atoms with Gasteiger partial charge in [0.1, 0.15) is 0 Å². The summed E-state index contributed by atoms with van der Waals surface area (Å²) in [6, 6.07) is 21.8. The number of fused-ring (bicyclic) bond motifs is 1. The monoisotopic (exact) mass is 375 g/mol. The molecule has 2 aromatic carbocycles. The molecule has 0 saturated carbocycles. The van der Waals surface area contributed by atoms with Gasteiger partial charge in [-0.3, -0.25) is 4.79 Å².